The van der Waals surface area contributed by atoms with Gasteiger partial charge in [-0.2, -0.15) is 0 Å². The van der Waals surface area contributed by atoms with E-state index in [9.17, 15) is 13.6 Å². The molecule has 0 radical (unpaired) electrons. The molecule has 1 heterocycles. The molecule has 10 heteroatoms. The first-order valence-corrected chi connectivity index (χ1v) is 11.4. The highest BCUT2D eigenvalue weighted by molar-refractivity contribution is 9.10. The van der Waals surface area contributed by atoms with Gasteiger partial charge in [0.25, 0.3) is 5.91 Å². The van der Waals surface area contributed by atoms with Gasteiger partial charge in [0.2, 0.25) is 0 Å². The number of nitrogens with two attached hydrogens (primary N) is 1. The third kappa shape index (κ3) is 5.32. The van der Waals surface area contributed by atoms with Crippen molar-refractivity contribution >= 4 is 44.0 Å². The highest BCUT2D eigenvalue weighted by Crippen LogP contribution is 2.35. The van der Waals surface area contributed by atoms with Crippen LogP contribution in [0.2, 0.25) is 0 Å². The number of methoxy groups -OCH3 is 1. The number of nitrogens with zero attached hydrogens (tertiary/aromatic N) is 1. The van der Waals surface area contributed by atoms with Gasteiger partial charge in [-0.05, 0) is 36.8 Å². The predicted octanol–water partition coefficient (Wildman–Crippen LogP) is 4.76. The number of aromatic nitrogens is 1. The van der Waals surface area contributed by atoms with Crippen LogP contribution in [0.3, 0.4) is 0 Å². The van der Waals surface area contributed by atoms with Gasteiger partial charge < -0.3 is 15.8 Å². The summed E-state index contributed by atoms with van der Waals surface area (Å²) in [6.45, 7) is 2.99. The number of thiazole rings is 1. The average molecular weight is 525 g/mol. The topological polar surface area (TPSA) is 89.3 Å². The van der Waals surface area contributed by atoms with E-state index < -0.39 is 28.5 Å². The molecule has 0 bridgehead atoms. The number of nitrogens with one attached hydrogen (secondary N) is 2. The zero-order valence-corrected chi connectivity index (χ0v) is 19.9. The first kappa shape index (κ1) is 24.2. The molecule has 0 saturated heterocycles. The minimum Gasteiger partial charge on any atom is -0.384 e. The Balaban J connectivity index is 1.84. The van der Waals surface area contributed by atoms with Crippen LogP contribution in [-0.2, 0) is 10.2 Å². The number of amides is 1. The Morgan fingerprint density at radius 2 is 1.91 bits per heavy atom. The summed E-state index contributed by atoms with van der Waals surface area (Å²) in [6.07, 6.45) is 0. The third-order valence-corrected chi connectivity index (χ3v) is 6.23. The van der Waals surface area contributed by atoms with Crippen LogP contribution in [0.15, 0.2) is 46.3 Å². The molecule has 1 aromatic heterocycles. The molecule has 1 atom stereocenters. The Hall–Kier alpha value is -2.40. The molecular formula is C22H23BrF2N4O2S. The smallest absolute Gasteiger partial charge is 0.263 e. The van der Waals surface area contributed by atoms with Crippen molar-refractivity contribution in [2.45, 2.75) is 12.3 Å². The normalized spacial score (nSPS) is 12.9. The van der Waals surface area contributed by atoms with Crippen molar-refractivity contribution in [2.75, 3.05) is 37.4 Å². The van der Waals surface area contributed by atoms with E-state index >= 15 is 0 Å². The summed E-state index contributed by atoms with van der Waals surface area (Å²) in [5, 5.41) is 7.30. The third-order valence-electron chi connectivity index (χ3n) is 4.95. The molecule has 0 aliphatic rings. The number of hydrogen-bond acceptors (Lipinski definition) is 6. The van der Waals surface area contributed by atoms with Crippen molar-refractivity contribution in [3.63, 3.8) is 0 Å². The van der Waals surface area contributed by atoms with E-state index in [2.05, 4.69) is 31.5 Å². The predicted molar refractivity (Wildman–Crippen MR) is 126 cm³/mol. The lowest BCUT2D eigenvalue weighted by Gasteiger charge is -2.27. The Labute approximate surface area is 197 Å². The van der Waals surface area contributed by atoms with E-state index in [0.29, 0.717) is 25.4 Å². The van der Waals surface area contributed by atoms with E-state index in [-0.39, 0.29) is 10.8 Å². The van der Waals surface area contributed by atoms with Gasteiger partial charge in [0.15, 0.2) is 5.13 Å². The molecule has 0 saturated carbocycles. The first-order chi connectivity index (χ1) is 15.3. The summed E-state index contributed by atoms with van der Waals surface area (Å²) in [5.74, 6) is -2.86. The van der Waals surface area contributed by atoms with Gasteiger partial charge in [-0.1, -0.05) is 28.1 Å². The summed E-state index contributed by atoms with van der Waals surface area (Å²) in [5.41, 5.74) is 5.98. The second-order valence-electron chi connectivity index (χ2n) is 7.29. The molecule has 2 aromatic carbocycles. The van der Waals surface area contributed by atoms with E-state index in [0.717, 1.165) is 22.2 Å². The van der Waals surface area contributed by atoms with Crippen LogP contribution in [0.1, 0.15) is 28.5 Å². The van der Waals surface area contributed by atoms with E-state index in [1.54, 1.807) is 12.5 Å². The molecule has 0 fully saturated rings. The molecule has 1 unspecified atom stereocenters. The number of benzene rings is 2. The minimum absolute atomic E-state index is 0.211. The monoisotopic (exact) mass is 524 g/mol. The lowest BCUT2D eigenvalue weighted by molar-refractivity contribution is 0.101. The maximum Gasteiger partial charge on any atom is 0.263 e. The number of hydrogen-bond donors (Lipinski definition) is 3. The first-order valence-electron chi connectivity index (χ1n) is 9.74. The number of ether oxygens (including phenoxy) is 1. The van der Waals surface area contributed by atoms with E-state index in [1.807, 2.05) is 31.2 Å². The van der Waals surface area contributed by atoms with Crippen molar-refractivity contribution in [3.05, 3.63) is 74.7 Å². The summed E-state index contributed by atoms with van der Waals surface area (Å²) in [7, 11) is 1.60. The van der Waals surface area contributed by atoms with Crippen LogP contribution in [0.25, 0.3) is 0 Å². The highest BCUT2D eigenvalue weighted by Gasteiger charge is 2.32. The Morgan fingerprint density at radius 3 is 2.50 bits per heavy atom. The van der Waals surface area contributed by atoms with Crippen LogP contribution >= 0.6 is 27.3 Å². The molecule has 32 heavy (non-hydrogen) atoms. The fraction of sp³-hybridized carbons (Fsp3) is 0.273. The Kier molecular flexibility index (Phi) is 7.94. The van der Waals surface area contributed by atoms with Gasteiger partial charge in [-0.25, -0.2) is 13.8 Å². The summed E-state index contributed by atoms with van der Waals surface area (Å²) >= 11 is 4.60. The van der Waals surface area contributed by atoms with Gasteiger partial charge in [-0.3, -0.25) is 10.1 Å². The minimum atomic E-state index is -0.974. The Morgan fingerprint density at radius 1 is 1.25 bits per heavy atom. The molecule has 0 spiro atoms. The maximum absolute atomic E-state index is 14.4. The van der Waals surface area contributed by atoms with E-state index in [4.69, 9.17) is 10.5 Å². The van der Waals surface area contributed by atoms with E-state index in [1.165, 1.54) is 11.3 Å². The number of carbonyl (C=O) groups is 1. The van der Waals surface area contributed by atoms with Gasteiger partial charge >= 0.3 is 0 Å². The summed E-state index contributed by atoms with van der Waals surface area (Å²) in [4.78, 5) is 17.1. The number of rotatable bonds is 9. The molecule has 170 valence electrons. The van der Waals surface area contributed by atoms with Crippen LogP contribution in [0, 0.1) is 11.6 Å². The van der Waals surface area contributed by atoms with Crippen LogP contribution < -0.4 is 16.4 Å². The second-order valence-corrected chi connectivity index (χ2v) is 9.07. The summed E-state index contributed by atoms with van der Waals surface area (Å²) in [6, 6.07) is 9.90. The van der Waals surface area contributed by atoms with Crippen LogP contribution in [-0.4, -0.2) is 37.7 Å². The average Bonchev–Trinajstić information content (AvgIpc) is 3.21. The van der Waals surface area contributed by atoms with Crippen LogP contribution in [0.5, 0.6) is 0 Å². The lowest BCUT2D eigenvalue weighted by atomic mass is 9.81. The zero-order valence-electron chi connectivity index (χ0n) is 17.5. The van der Waals surface area contributed by atoms with Gasteiger partial charge in [0, 0.05) is 35.7 Å². The van der Waals surface area contributed by atoms with Crippen molar-refractivity contribution in [3.8, 4) is 0 Å². The largest absolute Gasteiger partial charge is 0.384 e. The molecule has 0 aliphatic heterocycles. The number of anilines is 2. The number of halogens is 3. The van der Waals surface area contributed by atoms with Crippen molar-refractivity contribution in [1.29, 1.82) is 0 Å². The zero-order chi connectivity index (χ0) is 23.3. The fourth-order valence-electron chi connectivity index (χ4n) is 3.26. The molecular weight excluding hydrogens is 502 g/mol. The molecule has 1 amide bonds. The van der Waals surface area contributed by atoms with Crippen molar-refractivity contribution < 1.29 is 18.3 Å². The highest BCUT2D eigenvalue weighted by atomic mass is 79.9. The molecule has 0 aliphatic carbocycles. The molecule has 6 nitrogen and oxygen atoms in total. The quantitative estimate of drug-likeness (QED) is 0.375. The molecule has 3 aromatic rings. The van der Waals surface area contributed by atoms with Crippen LogP contribution in [0.4, 0.5) is 19.6 Å². The SMILES string of the molecule is COCC(C)(c1ccc(Br)cc1)c1csc(NC(=O)c2c(F)cc(NCCN)cc2F)n1. The lowest BCUT2D eigenvalue weighted by Crippen LogP contribution is -2.30. The van der Waals surface area contributed by atoms with Gasteiger partial charge in [-0.15, -0.1) is 11.3 Å². The van der Waals surface area contributed by atoms with Crippen molar-refractivity contribution in [2.24, 2.45) is 5.73 Å². The standard InChI is InChI=1S/C22H23BrF2N4O2S/c1-22(12-31-2,13-3-5-14(23)6-4-13)18-11-32-21(28-18)29-20(30)19-16(24)9-15(10-17(19)25)27-8-7-26/h3-6,9-11,27H,7-8,12,26H2,1-2H3,(H,28,29,30). The second kappa shape index (κ2) is 10.5. The number of carbonyl (C=O) groups excluding carboxylic acids is 1. The Bertz CT molecular complexity index is 1070. The van der Waals surface area contributed by atoms with Gasteiger partial charge in [0.1, 0.15) is 17.2 Å². The molecule has 4 N–H and O–H groups in total. The van der Waals surface area contributed by atoms with Crippen molar-refractivity contribution in [1.82, 2.24) is 4.98 Å². The summed E-state index contributed by atoms with van der Waals surface area (Å²) < 4.78 is 35.2. The fourth-order valence-corrected chi connectivity index (χ4v) is 4.37. The van der Waals surface area contributed by atoms with Gasteiger partial charge in [0.05, 0.1) is 17.7 Å². The maximum atomic E-state index is 14.4. The molecule has 3 rings (SSSR count).